The maximum absolute atomic E-state index is 3.74. The highest BCUT2D eigenvalue weighted by Crippen LogP contribution is 2.29. The van der Waals surface area contributed by atoms with Gasteiger partial charge in [0.15, 0.2) is 0 Å². The van der Waals surface area contributed by atoms with E-state index in [0.717, 1.165) is 6.54 Å². The van der Waals surface area contributed by atoms with Gasteiger partial charge < -0.3 is 5.32 Å². The number of thiophene rings is 2. The van der Waals surface area contributed by atoms with Gasteiger partial charge in [0, 0.05) is 16.3 Å². The predicted molar refractivity (Wildman–Crippen MR) is 93.3 cm³/mol. The van der Waals surface area contributed by atoms with Gasteiger partial charge in [0.05, 0.1) is 6.04 Å². The van der Waals surface area contributed by atoms with Crippen LogP contribution in [0.1, 0.15) is 34.2 Å². The van der Waals surface area contributed by atoms with Crippen LogP contribution in [0, 0.1) is 0 Å². The molecule has 0 bridgehead atoms. The average Bonchev–Trinajstić information content (AvgIpc) is 3.22. The van der Waals surface area contributed by atoms with E-state index in [0.29, 0.717) is 12.0 Å². The maximum Gasteiger partial charge on any atom is 0.0765 e. The van der Waals surface area contributed by atoms with Gasteiger partial charge >= 0.3 is 0 Å². The highest BCUT2D eigenvalue weighted by atomic mass is 32.1. The van der Waals surface area contributed by atoms with E-state index < -0.39 is 0 Å². The summed E-state index contributed by atoms with van der Waals surface area (Å²) in [5.74, 6) is 0.508. The number of hydrogen-bond acceptors (Lipinski definition) is 3. The Bertz CT molecular complexity index is 595. The van der Waals surface area contributed by atoms with E-state index in [2.05, 4.69) is 77.6 Å². The Morgan fingerprint density at radius 2 is 1.48 bits per heavy atom. The van der Waals surface area contributed by atoms with Crippen molar-refractivity contribution in [1.29, 1.82) is 0 Å². The quantitative estimate of drug-likeness (QED) is 0.652. The molecule has 0 amide bonds. The molecule has 2 aromatic heterocycles. The van der Waals surface area contributed by atoms with Crippen LogP contribution in [0.2, 0.25) is 0 Å². The van der Waals surface area contributed by atoms with E-state index in [9.17, 15) is 0 Å². The molecule has 0 saturated carbocycles. The molecular weight excluding hydrogens is 294 g/mol. The molecule has 0 aliphatic heterocycles. The highest BCUT2D eigenvalue weighted by molar-refractivity contribution is 7.11. The molecular formula is C18H19NS2. The van der Waals surface area contributed by atoms with Gasteiger partial charge in [0.2, 0.25) is 0 Å². The fraction of sp³-hybridized carbons (Fsp3) is 0.222. The Morgan fingerprint density at radius 3 is 2.00 bits per heavy atom. The Kier molecular flexibility index (Phi) is 4.86. The van der Waals surface area contributed by atoms with E-state index in [-0.39, 0.29) is 0 Å². The van der Waals surface area contributed by atoms with Gasteiger partial charge in [0.25, 0.3) is 0 Å². The van der Waals surface area contributed by atoms with Crippen LogP contribution in [0.4, 0.5) is 0 Å². The number of hydrogen-bond donors (Lipinski definition) is 1. The summed E-state index contributed by atoms with van der Waals surface area (Å²) in [4.78, 5) is 2.77. The summed E-state index contributed by atoms with van der Waals surface area (Å²) in [5.41, 5.74) is 1.39. The number of benzene rings is 1. The zero-order valence-electron chi connectivity index (χ0n) is 12.0. The summed E-state index contributed by atoms with van der Waals surface area (Å²) in [6.45, 7) is 3.26. The van der Waals surface area contributed by atoms with Crippen LogP contribution in [0.5, 0.6) is 0 Å². The lowest BCUT2D eigenvalue weighted by molar-refractivity contribution is 0.570. The van der Waals surface area contributed by atoms with Crippen molar-refractivity contribution in [2.75, 3.05) is 6.54 Å². The lowest BCUT2D eigenvalue weighted by atomic mass is 10.0. The van der Waals surface area contributed by atoms with Crippen LogP contribution in [-0.2, 0) is 0 Å². The molecule has 0 aliphatic rings. The van der Waals surface area contributed by atoms with Gasteiger partial charge in [-0.05, 0) is 34.4 Å². The van der Waals surface area contributed by atoms with Gasteiger partial charge in [-0.25, -0.2) is 0 Å². The van der Waals surface area contributed by atoms with Gasteiger partial charge in [-0.15, -0.1) is 22.7 Å². The van der Waals surface area contributed by atoms with Crippen molar-refractivity contribution in [3.05, 3.63) is 80.7 Å². The Labute approximate surface area is 134 Å². The summed E-state index contributed by atoms with van der Waals surface area (Å²) in [5, 5.41) is 8.05. The minimum Gasteiger partial charge on any atom is -0.304 e. The molecule has 108 valence electrons. The van der Waals surface area contributed by atoms with Crippen molar-refractivity contribution < 1.29 is 0 Å². The number of rotatable bonds is 6. The van der Waals surface area contributed by atoms with E-state index in [4.69, 9.17) is 0 Å². The third-order valence-electron chi connectivity index (χ3n) is 3.65. The second-order valence-electron chi connectivity index (χ2n) is 5.18. The smallest absolute Gasteiger partial charge is 0.0765 e. The zero-order chi connectivity index (χ0) is 14.5. The first-order valence-corrected chi connectivity index (χ1v) is 8.95. The largest absolute Gasteiger partial charge is 0.304 e. The van der Waals surface area contributed by atoms with Crippen LogP contribution < -0.4 is 5.32 Å². The molecule has 21 heavy (non-hydrogen) atoms. The molecule has 0 spiro atoms. The SMILES string of the molecule is CC(CNC(c1cccs1)c1cccs1)c1ccccc1. The molecule has 2 heterocycles. The van der Waals surface area contributed by atoms with Crippen LogP contribution in [0.15, 0.2) is 65.4 Å². The van der Waals surface area contributed by atoms with Gasteiger partial charge in [-0.3, -0.25) is 0 Å². The van der Waals surface area contributed by atoms with Crippen LogP contribution >= 0.6 is 22.7 Å². The van der Waals surface area contributed by atoms with E-state index in [1.165, 1.54) is 15.3 Å². The molecule has 1 nitrogen and oxygen atoms in total. The molecule has 3 aromatic rings. The monoisotopic (exact) mass is 313 g/mol. The molecule has 1 aromatic carbocycles. The van der Waals surface area contributed by atoms with E-state index in [1.54, 1.807) is 0 Å². The van der Waals surface area contributed by atoms with Gasteiger partial charge in [0.1, 0.15) is 0 Å². The normalized spacial score (nSPS) is 12.7. The Balaban J connectivity index is 1.71. The third kappa shape index (κ3) is 3.62. The molecule has 1 N–H and O–H groups in total. The second kappa shape index (κ2) is 7.03. The van der Waals surface area contributed by atoms with Crippen molar-refractivity contribution in [2.45, 2.75) is 18.9 Å². The first-order valence-electron chi connectivity index (χ1n) is 7.19. The fourth-order valence-electron chi connectivity index (χ4n) is 2.45. The minimum absolute atomic E-state index is 0.316. The molecule has 0 radical (unpaired) electrons. The van der Waals surface area contributed by atoms with Gasteiger partial charge in [-0.2, -0.15) is 0 Å². The highest BCUT2D eigenvalue weighted by Gasteiger charge is 2.17. The lowest BCUT2D eigenvalue weighted by Crippen LogP contribution is -2.25. The fourth-order valence-corrected chi connectivity index (χ4v) is 4.16. The minimum atomic E-state index is 0.316. The second-order valence-corrected chi connectivity index (χ2v) is 7.14. The van der Waals surface area contributed by atoms with Crippen LogP contribution in [0.3, 0.4) is 0 Å². The van der Waals surface area contributed by atoms with Crippen molar-refractivity contribution >= 4 is 22.7 Å². The molecule has 1 unspecified atom stereocenters. The standard InChI is InChI=1S/C18H19NS2/c1-14(15-7-3-2-4-8-15)13-19-18(16-9-5-11-20-16)17-10-6-12-21-17/h2-12,14,18-19H,13H2,1H3. The van der Waals surface area contributed by atoms with Crippen molar-refractivity contribution in [3.8, 4) is 0 Å². The van der Waals surface area contributed by atoms with Crippen molar-refractivity contribution in [1.82, 2.24) is 5.32 Å². The topological polar surface area (TPSA) is 12.0 Å². The summed E-state index contributed by atoms with van der Waals surface area (Å²) in [6, 6.07) is 19.7. The molecule has 0 fully saturated rings. The summed E-state index contributed by atoms with van der Waals surface area (Å²) in [7, 11) is 0. The maximum atomic E-state index is 3.74. The molecule has 0 aliphatic carbocycles. The van der Waals surface area contributed by atoms with Crippen LogP contribution in [0.25, 0.3) is 0 Å². The molecule has 3 rings (SSSR count). The number of nitrogens with one attached hydrogen (secondary N) is 1. The molecule has 0 saturated heterocycles. The van der Waals surface area contributed by atoms with E-state index >= 15 is 0 Å². The summed E-state index contributed by atoms with van der Waals surface area (Å²) >= 11 is 3.64. The van der Waals surface area contributed by atoms with Crippen molar-refractivity contribution in [3.63, 3.8) is 0 Å². The van der Waals surface area contributed by atoms with Gasteiger partial charge in [-0.1, -0.05) is 49.4 Å². The molecule has 3 heteroatoms. The predicted octanol–water partition coefficient (Wildman–Crippen LogP) is 5.29. The van der Waals surface area contributed by atoms with E-state index in [1.807, 2.05) is 22.7 Å². The average molecular weight is 313 g/mol. The van der Waals surface area contributed by atoms with Crippen LogP contribution in [-0.4, -0.2) is 6.54 Å². The lowest BCUT2D eigenvalue weighted by Gasteiger charge is -2.20. The molecule has 1 atom stereocenters. The summed E-state index contributed by atoms with van der Waals surface area (Å²) < 4.78 is 0. The van der Waals surface area contributed by atoms with Crippen molar-refractivity contribution in [2.24, 2.45) is 0 Å². The first kappa shape index (κ1) is 14.5. The first-order chi connectivity index (χ1) is 10.3. The third-order valence-corrected chi connectivity index (χ3v) is 5.53. The summed E-state index contributed by atoms with van der Waals surface area (Å²) in [6.07, 6.45) is 0. The zero-order valence-corrected chi connectivity index (χ0v) is 13.7. The Hall–Kier alpha value is -1.42. The Morgan fingerprint density at radius 1 is 0.857 bits per heavy atom.